The zero-order chi connectivity index (χ0) is 37.6. The number of para-hydroxylation sites is 1. The zero-order valence-corrected chi connectivity index (χ0v) is 31.1. The number of rotatable bonds is 6. The second-order valence-corrected chi connectivity index (χ2v) is 14.8. The third kappa shape index (κ3) is 5.84. The lowest BCUT2D eigenvalue weighted by Crippen LogP contribution is -2.42. The molecular weight excluding hydrogens is 683 g/mol. The Hall–Kier alpha value is -7.17. The minimum Gasteiger partial charge on any atom is -0.436 e. The van der Waals surface area contributed by atoms with Crippen LogP contribution in [0.3, 0.4) is 0 Å². The first kappa shape index (κ1) is 33.4. The summed E-state index contributed by atoms with van der Waals surface area (Å²) in [5.41, 5.74) is 11.3. The van der Waals surface area contributed by atoms with Gasteiger partial charge in [0, 0.05) is 39.8 Å². The molecule has 0 spiro atoms. The maximum Gasteiger partial charge on any atom is 0.227 e. The standard InChI is InChI=1S/C52H39N3O/c1-36-14-10-13-33-54(44-27-28-45-41(34-44)20-19-38-24-30-48-50(49(38)45)53-51(56-48)39-15-6-3-7-16-39)47-29-23-40(35-46(36)47)37-21-25-43(26-22-37)55(42-17-8-4-9-18-42)52(2)31-11-5-12-32-52/h3-31,33-35H,1,32H2,2H3/b14-10-,33-13-. The summed E-state index contributed by atoms with van der Waals surface area (Å²) in [5.74, 6) is 0.630. The van der Waals surface area contributed by atoms with E-state index in [0.717, 1.165) is 84.0 Å². The Balaban J connectivity index is 1.01. The molecule has 1 atom stereocenters. The van der Waals surface area contributed by atoms with E-state index in [1.165, 1.54) is 5.69 Å². The van der Waals surface area contributed by atoms with Crippen LogP contribution in [-0.2, 0) is 0 Å². The lowest BCUT2D eigenvalue weighted by Gasteiger charge is -2.41. The Kier molecular flexibility index (Phi) is 8.11. The normalized spacial score (nSPS) is 17.5. The number of anilines is 4. The van der Waals surface area contributed by atoms with Gasteiger partial charge in [-0.2, -0.15) is 0 Å². The van der Waals surface area contributed by atoms with Crippen LogP contribution in [0.1, 0.15) is 18.9 Å². The van der Waals surface area contributed by atoms with E-state index in [-0.39, 0.29) is 5.54 Å². The summed E-state index contributed by atoms with van der Waals surface area (Å²) in [6.45, 7) is 6.81. The summed E-state index contributed by atoms with van der Waals surface area (Å²) in [5, 5.41) is 4.50. The van der Waals surface area contributed by atoms with Crippen molar-refractivity contribution in [1.82, 2.24) is 4.98 Å². The molecule has 268 valence electrons. The van der Waals surface area contributed by atoms with Gasteiger partial charge >= 0.3 is 0 Å². The van der Waals surface area contributed by atoms with Gasteiger partial charge in [0.15, 0.2) is 5.58 Å². The van der Waals surface area contributed by atoms with Gasteiger partial charge < -0.3 is 14.2 Å². The molecule has 0 amide bonds. The summed E-state index contributed by atoms with van der Waals surface area (Å²) in [4.78, 5) is 9.71. The fourth-order valence-corrected chi connectivity index (χ4v) is 8.27. The van der Waals surface area contributed by atoms with Crippen LogP contribution in [0.25, 0.3) is 60.8 Å². The van der Waals surface area contributed by atoms with Crippen molar-refractivity contribution in [1.29, 1.82) is 0 Å². The van der Waals surface area contributed by atoms with Crippen LogP contribution in [-0.4, -0.2) is 10.5 Å². The van der Waals surface area contributed by atoms with Crippen LogP contribution in [0.5, 0.6) is 0 Å². The van der Waals surface area contributed by atoms with Crippen LogP contribution in [0.2, 0.25) is 0 Å². The predicted molar refractivity (Wildman–Crippen MR) is 236 cm³/mol. The Bertz CT molecular complexity index is 2920. The van der Waals surface area contributed by atoms with Crippen molar-refractivity contribution in [2.45, 2.75) is 18.9 Å². The Morgan fingerprint density at radius 2 is 1.43 bits per heavy atom. The Morgan fingerprint density at radius 1 is 0.679 bits per heavy atom. The Morgan fingerprint density at radius 3 is 2.23 bits per heavy atom. The molecule has 0 N–H and O–H groups in total. The van der Waals surface area contributed by atoms with E-state index in [1.54, 1.807) is 0 Å². The van der Waals surface area contributed by atoms with E-state index in [4.69, 9.17) is 9.40 Å². The minimum atomic E-state index is -0.175. The molecule has 1 aromatic heterocycles. The fraction of sp³-hybridized carbons (Fsp3) is 0.0577. The average molecular weight is 722 g/mol. The first-order valence-electron chi connectivity index (χ1n) is 19.1. The molecule has 2 heterocycles. The molecule has 2 aliphatic rings. The van der Waals surface area contributed by atoms with Crippen LogP contribution in [0.15, 0.2) is 205 Å². The molecule has 56 heavy (non-hydrogen) atoms. The van der Waals surface area contributed by atoms with Gasteiger partial charge in [-0.15, -0.1) is 0 Å². The van der Waals surface area contributed by atoms with Gasteiger partial charge in [0.05, 0.1) is 11.2 Å². The number of oxazole rings is 1. The van der Waals surface area contributed by atoms with Crippen LogP contribution in [0.4, 0.5) is 22.7 Å². The Labute approximate surface area is 327 Å². The van der Waals surface area contributed by atoms with Gasteiger partial charge in [-0.1, -0.05) is 122 Å². The molecule has 0 radical (unpaired) electrons. The molecular formula is C52H39N3O. The lowest BCUT2D eigenvalue weighted by atomic mass is 9.89. The van der Waals surface area contributed by atoms with Gasteiger partial charge in [-0.05, 0) is 119 Å². The van der Waals surface area contributed by atoms with Crippen LogP contribution >= 0.6 is 0 Å². The molecule has 1 unspecified atom stereocenters. The monoisotopic (exact) mass is 721 g/mol. The van der Waals surface area contributed by atoms with E-state index in [2.05, 4.69) is 181 Å². The van der Waals surface area contributed by atoms with Gasteiger partial charge in [0.1, 0.15) is 5.52 Å². The molecule has 7 aromatic carbocycles. The van der Waals surface area contributed by atoms with Crippen LogP contribution in [0, 0.1) is 0 Å². The molecule has 0 fully saturated rings. The maximum absolute atomic E-state index is 6.26. The quantitative estimate of drug-likeness (QED) is 0.160. The third-order valence-electron chi connectivity index (χ3n) is 11.1. The van der Waals surface area contributed by atoms with E-state index in [1.807, 2.05) is 36.4 Å². The highest BCUT2D eigenvalue weighted by Crippen LogP contribution is 2.42. The highest BCUT2D eigenvalue weighted by atomic mass is 16.3. The van der Waals surface area contributed by atoms with E-state index >= 15 is 0 Å². The average Bonchev–Trinajstić information content (AvgIpc) is 3.69. The molecule has 8 aromatic rings. The van der Waals surface area contributed by atoms with Crippen molar-refractivity contribution in [2.75, 3.05) is 9.80 Å². The van der Waals surface area contributed by atoms with E-state index in [9.17, 15) is 0 Å². The third-order valence-corrected chi connectivity index (χ3v) is 11.1. The number of nitrogens with zero attached hydrogens (tertiary/aromatic N) is 3. The zero-order valence-electron chi connectivity index (χ0n) is 31.1. The van der Waals surface area contributed by atoms with Crippen molar-refractivity contribution < 1.29 is 4.42 Å². The summed E-state index contributed by atoms with van der Waals surface area (Å²) in [7, 11) is 0. The molecule has 1 aliphatic heterocycles. The summed E-state index contributed by atoms with van der Waals surface area (Å²) in [6.07, 6.45) is 18.1. The molecule has 0 bridgehead atoms. The summed E-state index contributed by atoms with van der Waals surface area (Å²) in [6, 6.07) is 51.6. The SMILES string of the molecule is C=C1/C=C\C=C/N(c2ccc3c(ccc4ccc5oc(-c6ccccc6)nc5c43)c2)c2ccc(-c3ccc(N(c4ccccc4)C4(C)C=CC=CC4)cc3)cc21. The second kappa shape index (κ2) is 13.6. The summed E-state index contributed by atoms with van der Waals surface area (Å²) < 4.78 is 6.26. The highest BCUT2D eigenvalue weighted by molar-refractivity contribution is 6.18. The van der Waals surface area contributed by atoms with Crippen LogP contribution < -0.4 is 9.80 Å². The van der Waals surface area contributed by atoms with Crippen molar-refractivity contribution in [3.8, 4) is 22.6 Å². The minimum absolute atomic E-state index is 0.175. The number of allylic oxidation sites excluding steroid dienone is 6. The number of hydrogen-bond donors (Lipinski definition) is 0. The molecule has 0 saturated carbocycles. The number of fused-ring (bicyclic) bond motifs is 6. The topological polar surface area (TPSA) is 32.5 Å². The molecule has 0 saturated heterocycles. The first-order chi connectivity index (χ1) is 27.5. The van der Waals surface area contributed by atoms with Crippen molar-refractivity contribution in [2.24, 2.45) is 0 Å². The van der Waals surface area contributed by atoms with Gasteiger partial charge in [0.25, 0.3) is 0 Å². The fourth-order valence-electron chi connectivity index (χ4n) is 8.27. The molecule has 4 heteroatoms. The second-order valence-electron chi connectivity index (χ2n) is 14.8. The van der Waals surface area contributed by atoms with E-state index in [0.29, 0.717) is 5.89 Å². The molecule has 10 rings (SSSR count). The van der Waals surface area contributed by atoms with Gasteiger partial charge in [-0.25, -0.2) is 4.98 Å². The summed E-state index contributed by atoms with van der Waals surface area (Å²) >= 11 is 0. The van der Waals surface area contributed by atoms with Crippen molar-refractivity contribution in [3.05, 3.63) is 206 Å². The maximum atomic E-state index is 6.26. The lowest BCUT2D eigenvalue weighted by molar-refractivity contribution is 0.570. The van der Waals surface area contributed by atoms with Crippen molar-refractivity contribution >= 4 is 61.0 Å². The largest absolute Gasteiger partial charge is 0.436 e. The predicted octanol–water partition coefficient (Wildman–Crippen LogP) is 14.1. The highest BCUT2D eigenvalue weighted by Gasteiger charge is 2.31. The molecule has 4 nitrogen and oxygen atoms in total. The van der Waals surface area contributed by atoms with Gasteiger partial charge in [-0.3, -0.25) is 0 Å². The molecule has 1 aliphatic carbocycles. The number of hydrogen-bond acceptors (Lipinski definition) is 4. The number of benzene rings is 7. The van der Waals surface area contributed by atoms with Gasteiger partial charge in [0.2, 0.25) is 5.89 Å². The van der Waals surface area contributed by atoms with Crippen molar-refractivity contribution in [3.63, 3.8) is 0 Å². The van der Waals surface area contributed by atoms with E-state index < -0.39 is 0 Å². The smallest absolute Gasteiger partial charge is 0.227 e. The number of aromatic nitrogens is 1. The first-order valence-corrected chi connectivity index (χ1v) is 19.1.